The first kappa shape index (κ1) is 17.6. The molecule has 1 saturated carbocycles. The maximum Gasteiger partial charge on any atom is 0.290 e. The first-order chi connectivity index (χ1) is 12.4. The quantitative estimate of drug-likeness (QED) is 0.843. The van der Waals surface area contributed by atoms with E-state index in [2.05, 4.69) is 4.72 Å². The zero-order valence-electron chi connectivity index (χ0n) is 14.0. The second-order valence-electron chi connectivity index (χ2n) is 6.73. The van der Waals surface area contributed by atoms with Crippen LogP contribution in [-0.4, -0.2) is 31.8 Å². The summed E-state index contributed by atoms with van der Waals surface area (Å²) in [5.41, 5.74) is 0.971. The van der Waals surface area contributed by atoms with Crippen molar-refractivity contribution < 1.29 is 17.6 Å². The van der Waals surface area contributed by atoms with E-state index in [0.717, 1.165) is 31.2 Å². The number of furan rings is 1. The third kappa shape index (κ3) is 3.51. The lowest BCUT2D eigenvalue weighted by atomic mass is 10.0. The molecule has 2 fully saturated rings. The Morgan fingerprint density at radius 3 is 2.73 bits per heavy atom. The van der Waals surface area contributed by atoms with Crippen LogP contribution in [0.5, 0.6) is 0 Å². The van der Waals surface area contributed by atoms with Crippen LogP contribution in [0.2, 0.25) is 5.02 Å². The molecule has 1 aromatic heterocycles. The van der Waals surface area contributed by atoms with Gasteiger partial charge in [0, 0.05) is 17.6 Å². The van der Waals surface area contributed by atoms with Gasteiger partial charge in [0.1, 0.15) is 0 Å². The Labute approximate surface area is 157 Å². The van der Waals surface area contributed by atoms with Crippen LogP contribution >= 0.6 is 11.6 Å². The summed E-state index contributed by atoms with van der Waals surface area (Å²) in [7, 11) is -3.71. The van der Waals surface area contributed by atoms with Crippen molar-refractivity contribution in [2.75, 3.05) is 6.54 Å². The molecule has 8 heteroatoms. The molecule has 1 amide bonds. The fraction of sp³-hybridized carbons (Fsp3) is 0.389. The highest BCUT2D eigenvalue weighted by Crippen LogP contribution is 2.34. The largest absolute Gasteiger partial charge is 0.438 e. The summed E-state index contributed by atoms with van der Waals surface area (Å²) in [4.78, 5) is 14.6. The summed E-state index contributed by atoms with van der Waals surface area (Å²) in [6.07, 6.45) is 3.38. The van der Waals surface area contributed by atoms with Crippen LogP contribution in [0.4, 0.5) is 0 Å². The summed E-state index contributed by atoms with van der Waals surface area (Å²) in [5, 5.41) is 0.408. The van der Waals surface area contributed by atoms with Gasteiger partial charge in [-0.15, -0.1) is 0 Å². The summed E-state index contributed by atoms with van der Waals surface area (Å²) in [6, 6.07) is 10.1. The van der Waals surface area contributed by atoms with E-state index in [1.807, 2.05) is 18.2 Å². The molecular formula is C18H19ClN2O4S. The average molecular weight is 395 g/mol. The molecule has 1 unspecified atom stereocenters. The van der Waals surface area contributed by atoms with Gasteiger partial charge in [-0.3, -0.25) is 4.79 Å². The lowest BCUT2D eigenvalue weighted by Crippen LogP contribution is -2.30. The SMILES string of the molecule is O=C(c1ccc(S(=O)(=O)NC2CC2)o1)N1CCCC1c1cccc(Cl)c1. The van der Waals surface area contributed by atoms with Crippen LogP contribution in [0.3, 0.4) is 0 Å². The minimum absolute atomic E-state index is 0.0185. The van der Waals surface area contributed by atoms with Crippen LogP contribution in [-0.2, 0) is 10.0 Å². The fourth-order valence-electron chi connectivity index (χ4n) is 3.27. The van der Waals surface area contributed by atoms with E-state index >= 15 is 0 Å². The van der Waals surface area contributed by atoms with Crippen molar-refractivity contribution in [2.45, 2.75) is 42.9 Å². The first-order valence-electron chi connectivity index (χ1n) is 8.63. The number of nitrogens with one attached hydrogen (secondary N) is 1. The topological polar surface area (TPSA) is 79.6 Å². The number of likely N-dealkylation sites (tertiary alicyclic amines) is 1. The lowest BCUT2D eigenvalue weighted by molar-refractivity contribution is 0.0697. The summed E-state index contributed by atoms with van der Waals surface area (Å²) < 4.78 is 32.4. The van der Waals surface area contributed by atoms with Crippen LogP contribution in [0, 0.1) is 0 Å². The molecule has 1 saturated heterocycles. The van der Waals surface area contributed by atoms with E-state index in [1.165, 1.54) is 12.1 Å². The highest BCUT2D eigenvalue weighted by Gasteiger charge is 2.34. The van der Waals surface area contributed by atoms with E-state index < -0.39 is 10.0 Å². The minimum atomic E-state index is -3.71. The van der Waals surface area contributed by atoms with Crippen LogP contribution in [0.25, 0.3) is 0 Å². The average Bonchev–Trinajstić information content (AvgIpc) is 3.11. The Balaban J connectivity index is 1.55. The number of hydrogen-bond donors (Lipinski definition) is 1. The van der Waals surface area contributed by atoms with Gasteiger partial charge in [-0.2, -0.15) is 0 Å². The number of rotatable bonds is 5. The second-order valence-corrected chi connectivity index (χ2v) is 8.81. The molecule has 1 aromatic carbocycles. The number of amides is 1. The summed E-state index contributed by atoms with van der Waals surface area (Å²) in [6.45, 7) is 0.596. The van der Waals surface area contributed by atoms with Crippen molar-refractivity contribution in [1.29, 1.82) is 0 Å². The molecule has 1 N–H and O–H groups in total. The molecule has 1 aliphatic heterocycles. The Bertz CT molecular complexity index is 936. The van der Waals surface area contributed by atoms with Gasteiger partial charge in [-0.1, -0.05) is 23.7 Å². The Morgan fingerprint density at radius 2 is 2.00 bits per heavy atom. The molecule has 2 aliphatic rings. The van der Waals surface area contributed by atoms with Gasteiger partial charge in [0.2, 0.25) is 5.09 Å². The normalized spacial score (nSPS) is 20.5. The van der Waals surface area contributed by atoms with E-state index in [-0.39, 0.29) is 28.8 Å². The maximum atomic E-state index is 12.9. The molecule has 2 heterocycles. The van der Waals surface area contributed by atoms with E-state index in [1.54, 1.807) is 11.0 Å². The van der Waals surface area contributed by atoms with Crippen molar-refractivity contribution >= 4 is 27.5 Å². The highest BCUT2D eigenvalue weighted by molar-refractivity contribution is 7.89. The standard InChI is InChI=1S/C18H19ClN2O4S/c19-13-4-1-3-12(11-13)15-5-2-10-21(15)18(22)16-8-9-17(25-16)26(23,24)20-14-6-7-14/h1,3-4,8-9,11,14-15,20H,2,5-7,10H2. The monoisotopic (exact) mass is 394 g/mol. The molecule has 1 aliphatic carbocycles. The number of carbonyl (C=O) groups excluding carboxylic acids is 1. The van der Waals surface area contributed by atoms with Crippen molar-refractivity contribution in [2.24, 2.45) is 0 Å². The molecule has 138 valence electrons. The minimum Gasteiger partial charge on any atom is -0.438 e. The predicted octanol–water partition coefficient (Wildman–Crippen LogP) is 3.35. The number of hydrogen-bond acceptors (Lipinski definition) is 4. The third-order valence-corrected chi connectivity index (χ3v) is 6.33. The number of benzene rings is 1. The fourth-order valence-corrected chi connectivity index (χ4v) is 4.71. The number of carbonyl (C=O) groups is 1. The Morgan fingerprint density at radius 1 is 1.19 bits per heavy atom. The molecule has 0 spiro atoms. The molecule has 6 nitrogen and oxygen atoms in total. The second kappa shape index (κ2) is 6.72. The molecule has 2 aromatic rings. The van der Waals surface area contributed by atoms with E-state index in [9.17, 15) is 13.2 Å². The van der Waals surface area contributed by atoms with Crippen LogP contribution < -0.4 is 4.72 Å². The molecule has 0 radical (unpaired) electrons. The molecule has 0 bridgehead atoms. The van der Waals surface area contributed by atoms with Crippen LogP contribution in [0.1, 0.15) is 47.8 Å². The van der Waals surface area contributed by atoms with Gasteiger partial charge in [0.25, 0.3) is 15.9 Å². The van der Waals surface area contributed by atoms with Gasteiger partial charge in [-0.05, 0) is 55.5 Å². The number of halogens is 1. The van der Waals surface area contributed by atoms with Gasteiger partial charge in [0.05, 0.1) is 6.04 Å². The Hall–Kier alpha value is -1.83. The summed E-state index contributed by atoms with van der Waals surface area (Å²) in [5.74, 6) is -0.268. The highest BCUT2D eigenvalue weighted by atomic mass is 35.5. The number of nitrogens with zero attached hydrogens (tertiary/aromatic N) is 1. The number of sulfonamides is 1. The van der Waals surface area contributed by atoms with Gasteiger partial charge >= 0.3 is 0 Å². The zero-order valence-corrected chi connectivity index (χ0v) is 15.6. The smallest absolute Gasteiger partial charge is 0.290 e. The molecule has 4 rings (SSSR count). The van der Waals surface area contributed by atoms with Gasteiger partial charge < -0.3 is 9.32 Å². The molecular weight excluding hydrogens is 376 g/mol. The zero-order chi connectivity index (χ0) is 18.3. The van der Waals surface area contributed by atoms with Crippen LogP contribution in [0.15, 0.2) is 45.9 Å². The lowest BCUT2D eigenvalue weighted by Gasteiger charge is -2.24. The van der Waals surface area contributed by atoms with Gasteiger partial charge in [0.15, 0.2) is 5.76 Å². The van der Waals surface area contributed by atoms with E-state index in [4.69, 9.17) is 16.0 Å². The van der Waals surface area contributed by atoms with E-state index in [0.29, 0.717) is 11.6 Å². The van der Waals surface area contributed by atoms with Crippen molar-refractivity contribution in [3.8, 4) is 0 Å². The predicted molar refractivity (Wildman–Crippen MR) is 96.5 cm³/mol. The van der Waals surface area contributed by atoms with Gasteiger partial charge in [-0.25, -0.2) is 13.1 Å². The maximum absolute atomic E-state index is 12.9. The van der Waals surface area contributed by atoms with Crippen molar-refractivity contribution in [3.63, 3.8) is 0 Å². The third-order valence-electron chi connectivity index (χ3n) is 4.70. The molecule has 26 heavy (non-hydrogen) atoms. The summed E-state index contributed by atoms with van der Waals surface area (Å²) >= 11 is 6.07. The first-order valence-corrected chi connectivity index (χ1v) is 10.5. The van der Waals surface area contributed by atoms with Crippen molar-refractivity contribution in [1.82, 2.24) is 9.62 Å². The van der Waals surface area contributed by atoms with Crippen molar-refractivity contribution in [3.05, 3.63) is 52.7 Å². The molecule has 1 atom stereocenters. The Kier molecular flexibility index (Phi) is 4.54.